The lowest BCUT2D eigenvalue weighted by Crippen LogP contribution is -2.53. The first-order valence-electron chi connectivity index (χ1n) is 10.1. The zero-order valence-electron chi connectivity index (χ0n) is 16.6. The second-order valence-corrected chi connectivity index (χ2v) is 9.21. The van der Waals surface area contributed by atoms with Gasteiger partial charge in [-0.15, -0.1) is 0 Å². The summed E-state index contributed by atoms with van der Waals surface area (Å²) in [6.07, 6.45) is 5.43. The summed E-state index contributed by atoms with van der Waals surface area (Å²) in [5.74, 6) is 2.17. The van der Waals surface area contributed by atoms with Crippen LogP contribution in [0.1, 0.15) is 52.9 Å². The fourth-order valence-electron chi connectivity index (χ4n) is 4.61. The van der Waals surface area contributed by atoms with Crippen molar-refractivity contribution in [3.8, 4) is 0 Å². The average Bonchev–Trinajstić information content (AvgIpc) is 3.44. The predicted molar refractivity (Wildman–Crippen MR) is 98.7 cm³/mol. The Morgan fingerprint density at radius 2 is 1.65 bits per heavy atom. The third-order valence-electron chi connectivity index (χ3n) is 6.14. The van der Waals surface area contributed by atoms with Gasteiger partial charge in [0.2, 0.25) is 0 Å². The molecule has 2 heterocycles. The third-order valence-corrected chi connectivity index (χ3v) is 6.14. The van der Waals surface area contributed by atoms with Crippen molar-refractivity contribution in [1.82, 2.24) is 10.2 Å². The second kappa shape index (κ2) is 7.75. The summed E-state index contributed by atoms with van der Waals surface area (Å²) in [6.45, 7) is 8.12. The quantitative estimate of drug-likeness (QED) is 0.778. The molecule has 0 radical (unpaired) electrons. The van der Waals surface area contributed by atoms with E-state index >= 15 is 0 Å². The van der Waals surface area contributed by atoms with E-state index in [0.29, 0.717) is 23.7 Å². The minimum atomic E-state index is -0.443. The van der Waals surface area contributed by atoms with Gasteiger partial charge in [-0.25, -0.2) is 4.79 Å². The molecule has 1 saturated carbocycles. The van der Waals surface area contributed by atoms with Crippen molar-refractivity contribution in [2.24, 2.45) is 23.7 Å². The zero-order valence-corrected chi connectivity index (χ0v) is 16.6. The van der Waals surface area contributed by atoms with Crippen LogP contribution >= 0.6 is 0 Å². The van der Waals surface area contributed by atoms with Crippen LogP contribution in [-0.4, -0.2) is 55.3 Å². The van der Waals surface area contributed by atoms with Crippen LogP contribution in [0.3, 0.4) is 0 Å². The monoisotopic (exact) mass is 366 g/mol. The summed E-state index contributed by atoms with van der Waals surface area (Å²) in [4.78, 5) is 26.2. The number of nitrogens with zero attached hydrogens (tertiary/aromatic N) is 1. The number of hydrogen-bond acceptors (Lipinski definition) is 5. The van der Waals surface area contributed by atoms with Crippen LogP contribution in [-0.2, 0) is 14.3 Å². The number of carbonyl (C=O) groups excluding carboxylic acids is 2. The Balaban J connectivity index is 1.52. The Bertz CT molecular complexity index is 518. The standard InChI is InChI=1S/C20H34N2O4/c1-20(2,3)26-19(24)22-9-7-13(8-10-22)15-11-16(14-5-6-14)17(21-12-15)18(23)25-4/h13-17,21H,5-12H2,1-4H3. The Kier molecular flexibility index (Phi) is 5.80. The lowest BCUT2D eigenvalue weighted by atomic mass is 9.73. The molecule has 3 rings (SSSR count). The number of amides is 1. The van der Waals surface area contributed by atoms with E-state index in [1.807, 2.05) is 25.7 Å². The van der Waals surface area contributed by atoms with Crippen LogP contribution in [0.4, 0.5) is 4.79 Å². The maximum atomic E-state index is 12.2. The molecule has 1 amide bonds. The van der Waals surface area contributed by atoms with Crippen molar-refractivity contribution in [3.63, 3.8) is 0 Å². The molecule has 0 aromatic rings. The SMILES string of the molecule is COC(=O)C1NCC(C2CCN(C(=O)OC(C)(C)C)CC2)CC1C1CC1. The molecule has 6 nitrogen and oxygen atoms in total. The number of likely N-dealkylation sites (tertiary alicyclic amines) is 1. The van der Waals surface area contributed by atoms with Crippen LogP contribution in [0.5, 0.6) is 0 Å². The largest absolute Gasteiger partial charge is 0.468 e. The van der Waals surface area contributed by atoms with E-state index in [2.05, 4.69) is 5.32 Å². The van der Waals surface area contributed by atoms with E-state index in [0.717, 1.165) is 38.9 Å². The minimum Gasteiger partial charge on any atom is -0.468 e. The van der Waals surface area contributed by atoms with Gasteiger partial charge in [0.15, 0.2) is 0 Å². The molecule has 0 spiro atoms. The first-order valence-corrected chi connectivity index (χ1v) is 10.1. The molecule has 2 aliphatic heterocycles. The Morgan fingerprint density at radius 3 is 2.19 bits per heavy atom. The topological polar surface area (TPSA) is 67.9 Å². The van der Waals surface area contributed by atoms with Crippen molar-refractivity contribution < 1.29 is 19.1 Å². The van der Waals surface area contributed by atoms with E-state index in [9.17, 15) is 9.59 Å². The molecule has 2 saturated heterocycles. The highest BCUT2D eigenvalue weighted by atomic mass is 16.6. The number of ether oxygens (including phenoxy) is 2. The maximum Gasteiger partial charge on any atom is 0.410 e. The van der Waals surface area contributed by atoms with Crippen molar-refractivity contribution >= 4 is 12.1 Å². The summed E-state index contributed by atoms with van der Waals surface area (Å²) >= 11 is 0. The van der Waals surface area contributed by atoms with Gasteiger partial charge < -0.3 is 19.7 Å². The maximum absolute atomic E-state index is 12.2. The number of hydrogen-bond donors (Lipinski definition) is 1. The van der Waals surface area contributed by atoms with Gasteiger partial charge in [0.1, 0.15) is 11.6 Å². The number of piperidine rings is 2. The molecule has 3 unspecified atom stereocenters. The molecule has 3 aliphatic rings. The molecule has 26 heavy (non-hydrogen) atoms. The Morgan fingerprint density at radius 1 is 1.00 bits per heavy atom. The normalized spacial score (nSPS) is 30.8. The van der Waals surface area contributed by atoms with E-state index in [1.54, 1.807) is 0 Å². The van der Waals surface area contributed by atoms with Gasteiger partial charge >= 0.3 is 12.1 Å². The molecule has 1 aliphatic carbocycles. The van der Waals surface area contributed by atoms with Gasteiger partial charge in [0, 0.05) is 13.1 Å². The molecule has 3 fully saturated rings. The van der Waals surface area contributed by atoms with Crippen molar-refractivity contribution in [3.05, 3.63) is 0 Å². The lowest BCUT2D eigenvalue weighted by molar-refractivity contribution is -0.146. The van der Waals surface area contributed by atoms with E-state index in [-0.39, 0.29) is 18.1 Å². The summed E-state index contributed by atoms with van der Waals surface area (Å²) in [7, 11) is 1.48. The van der Waals surface area contributed by atoms with Gasteiger partial charge in [0.05, 0.1) is 7.11 Å². The molecule has 6 heteroatoms. The summed E-state index contributed by atoms with van der Waals surface area (Å²) in [6, 6.07) is -0.134. The number of rotatable bonds is 3. The average molecular weight is 367 g/mol. The van der Waals surface area contributed by atoms with Crippen LogP contribution in [0.25, 0.3) is 0 Å². The van der Waals surface area contributed by atoms with Gasteiger partial charge in [0.25, 0.3) is 0 Å². The number of esters is 1. The van der Waals surface area contributed by atoms with Crippen molar-refractivity contribution in [2.75, 3.05) is 26.7 Å². The van der Waals surface area contributed by atoms with Crippen LogP contribution in [0.15, 0.2) is 0 Å². The number of carbonyl (C=O) groups is 2. The van der Waals surface area contributed by atoms with Crippen LogP contribution in [0, 0.1) is 23.7 Å². The van der Waals surface area contributed by atoms with E-state index < -0.39 is 5.60 Å². The zero-order chi connectivity index (χ0) is 18.9. The molecule has 0 bridgehead atoms. The highest BCUT2D eigenvalue weighted by Crippen LogP contribution is 2.45. The van der Waals surface area contributed by atoms with Crippen molar-refractivity contribution in [1.29, 1.82) is 0 Å². The Labute approximate surface area is 157 Å². The lowest BCUT2D eigenvalue weighted by Gasteiger charge is -2.42. The number of nitrogens with one attached hydrogen (secondary N) is 1. The predicted octanol–water partition coefficient (Wildman–Crippen LogP) is 2.81. The van der Waals surface area contributed by atoms with Gasteiger partial charge in [-0.2, -0.15) is 0 Å². The third kappa shape index (κ3) is 4.70. The van der Waals surface area contributed by atoms with Crippen molar-refractivity contribution in [2.45, 2.75) is 64.5 Å². The molecule has 0 aromatic heterocycles. The molecular formula is C20H34N2O4. The summed E-state index contributed by atoms with van der Waals surface area (Å²) in [5, 5.41) is 3.47. The molecule has 148 valence electrons. The Hall–Kier alpha value is -1.30. The molecule has 0 aromatic carbocycles. The van der Waals surface area contributed by atoms with Crippen LogP contribution < -0.4 is 5.32 Å². The smallest absolute Gasteiger partial charge is 0.410 e. The first-order chi connectivity index (χ1) is 12.3. The summed E-state index contributed by atoms with van der Waals surface area (Å²) in [5.41, 5.74) is -0.443. The van der Waals surface area contributed by atoms with Gasteiger partial charge in [-0.05, 0) is 83.1 Å². The summed E-state index contributed by atoms with van der Waals surface area (Å²) < 4.78 is 10.5. The fraction of sp³-hybridized carbons (Fsp3) is 0.900. The minimum absolute atomic E-state index is 0.111. The molecule has 3 atom stereocenters. The van der Waals surface area contributed by atoms with Crippen LogP contribution in [0.2, 0.25) is 0 Å². The first kappa shape index (κ1) is 19.5. The van der Waals surface area contributed by atoms with E-state index in [1.165, 1.54) is 20.0 Å². The van der Waals surface area contributed by atoms with Gasteiger partial charge in [-0.3, -0.25) is 4.79 Å². The molecule has 1 N–H and O–H groups in total. The fourth-order valence-corrected chi connectivity index (χ4v) is 4.61. The number of methoxy groups -OCH3 is 1. The molecular weight excluding hydrogens is 332 g/mol. The highest BCUT2D eigenvalue weighted by molar-refractivity contribution is 5.76. The van der Waals surface area contributed by atoms with E-state index in [4.69, 9.17) is 9.47 Å². The van der Waals surface area contributed by atoms with Gasteiger partial charge in [-0.1, -0.05) is 0 Å². The second-order valence-electron chi connectivity index (χ2n) is 9.21. The highest BCUT2D eigenvalue weighted by Gasteiger charge is 2.45.